The van der Waals surface area contributed by atoms with Crippen LogP contribution >= 0.6 is 0 Å². The molecule has 0 rings (SSSR count). The van der Waals surface area contributed by atoms with Gasteiger partial charge in [0.1, 0.15) is 6.04 Å². The first-order chi connectivity index (χ1) is 11.0. The van der Waals surface area contributed by atoms with Gasteiger partial charge in [-0.15, -0.1) is 0 Å². The van der Waals surface area contributed by atoms with E-state index in [9.17, 15) is 9.59 Å². The number of carbonyl (C=O) groups is 2. The second kappa shape index (κ2) is 14.3. The zero-order valence-electron chi connectivity index (χ0n) is 15.1. The average molecular weight is 329 g/mol. The molecule has 0 aliphatic carbocycles. The first kappa shape index (κ1) is 21.7. The molecule has 0 spiro atoms. The molecule has 0 aromatic rings. The molecule has 0 unspecified atom stereocenters. The van der Waals surface area contributed by atoms with E-state index >= 15 is 0 Å². The SMILES string of the molecule is CCCCCCCCCCCCOC(=O)N[C@@H](C(=O)O)C(C)C. The fraction of sp³-hybridized carbons (Fsp3) is 0.889. The first-order valence-corrected chi connectivity index (χ1v) is 9.15. The van der Waals surface area contributed by atoms with Crippen LogP contribution in [0.4, 0.5) is 4.79 Å². The Hall–Kier alpha value is -1.26. The lowest BCUT2D eigenvalue weighted by Gasteiger charge is -2.17. The molecule has 0 saturated carbocycles. The van der Waals surface area contributed by atoms with Crippen molar-refractivity contribution in [2.24, 2.45) is 5.92 Å². The Kier molecular flexibility index (Phi) is 13.6. The Labute approximate surface area is 141 Å². The van der Waals surface area contributed by atoms with Crippen LogP contribution in [0.15, 0.2) is 0 Å². The smallest absolute Gasteiger partial charge is 0.407 e. The number of rotatable bonds is 14. The fourth-order valence-corrected chi connectivity index (χ4v) is 2.44. The minimum Gasteiger partial charge on any atom is -0.480 e. The van der Waals surface area contributed by atoms with E-state index in [1.54, 1.807) is 13.8 Å². The van der Waals surface area contributed by atoms with Crippen molar-refractivity contribution in [1.82, 2.24) is 5.32 Å². The van der Waals surface area contributed by atoms with E-state index < -0.39 is 18.1 Å². The minimum absolute atomic E-state index is 0.169. The quantitative estimate of drug-likeness (QED) is 0.451. The molecular formula is C18H35NO4. The molecular weight excluding hydrogens is 294 g/mol. The van der Waals surface area contributed by atoms with Gasteiger partial charge in [-0.2, -0.15) is 0 Å². The van der Waals surface area contributed by atoms with Crippen LogP contribution in [0.25, 0.3) is 0 Å². The minimum atomic E-state index is -1.03. The lowest BCUT2D eigenvalue weighted by Crippen LogP contribution is -2.44. The zero-order chi connectivity index (χ0) is 17.5. The standard InChI is InChI=1S/C18H35NO4/c1-4-5-6-7-8-9-10-11-12-13-14-23-18(22)19-16(15(2)3)17(20)21/h15-16H,4-14H2,1-3H3,(H,19,22)(H,20,21)/t16-/m1/s1. The summed E-state index contributed by atoms with van der Waals surface area (Å²) in [6.07, 6.45) is 11.6. The lowest BCUT2D eigenvalue weighted by molar-refractivity contribution is -0.140. The maximum absolute atomic E-state index is 11.5. The Morgan fingerprint density at radius 1 is 0.913 bits per heavy atom. The number of nitrogens with one attached hydrogen (secondary N) is 1. The largest absolute Gasteiger partial charge is 0.480 e. The molecule has 0 aromatic heterocycles. The van der Waals surface area contributed by atoms with E-state index in [2.05, 4.69) is 12.2 Å². The van der Waals surface area contributed by atoms with Crippen LogP contribution in [0.1, 0.15) is 85.0 Å². The summed E-state index contributed by atoms with van der Waals surface area (Å²) in [5.74, 6) is -1.20. The van der Waals surface area contributed by atoms with Crippen molar-refractivity contribution in [3.63, 3.8) is 0 Å². The molecule has 0 saturated heterocycles. The van der Waals surface area contributed by atoms with Gasteiger partial charge < -0.3 is 15.2 Å². The van der Waals surface area contributed by atoms with E-state index in [-0.39, 0.29) is 5.92 Å². The van der Waals surface area contributed by atoms with Gasteiger partial charge in [-0.05, 0) is 12.3 Å². The highest BCUT2D eigenvalue weighted by atomic mass is 16.5. The predicted molar refractivity (Wildman–Crippen MR) is 92.6 cm³/mol. The number of carboxylic acids is 1. The molecule has 5 heteroatoms. The molecule has 0 aliphatic heterocycles. The number of ether oxygens (including phenoxy) is 1. The normalized spacial score (nSPS) is 12.2. The van der Waals surface area contributed by atoms with E-state index in [1.807, 2.05) is 0 Å². The molecule has 23 heavy (non-hydrogen) atoms. The zero-order valence-corrected chi connectivity index (χ0v) is 15.1. The highest BCUT2D eigenvalue weighted by Crippen LogP contribution is 2.10. The number of carboxylic acid groups (broad SMARTS) is 1. The highest BCUT2D eigenvalue weighted by Gasteiger charge is 2.23. The monoisotopic (exact) mass is 329 g/mol. The maximum atomic E-state index is 11.5. The third-order valence-electron chi connectivity index (χ3n) is 3.94. The Morgan fingerprint density at radius 2 is 1.39 bits per heavy atom. The number of amides is 1. The summed E-state index contributed by atoms with van der Waals surface area (Å²) in [5.41, 5.74) is 0. The summed E-state index contributed by atoms with van der Waals surface area (Å²) in [6.45, 7) is 6.09. The Bertz CT molecular complexity index is 318. The number of hydrogen-bond donors (Lipinski definition) is 2. The van der Waals surface area contributed by atoms with Gasteiger partial charge >= 0.3 is 12.1 Å². The number of aliphatic carboxylic acids is 1. The van der Waals surface area contributed by atoms with Gasteiger partial charge in [0.05, 0.1) is 6.61 Å². The molecule has 0 bridgehead atoms. The van der Waals surface area contributed by atoms with E-state index in [1.165, 1.54) is 51.4 Å². The number of unbranched alkanes of at least 4 members (excludes halogenated alkanes) is 9. The highest BCUT2D eigenvalue weighted by molar-refractivity contribution is 5.80. The summed E-state index contributed by atoms with van der Waals surface area (Å²) in [5, 5.41) is 11.4. The van der Waals surface area contributed by atoms with Crippen molar-refractivity contribution in [3.05, 3.63) is 0 Å². The molecule has 1 atom stereocenters. The van der Waals surface area contributed by atoms with Crippen LogP contribution in [0.3, 0.4) is 0 Å². The number of carbonyl (C=O) groups excluding carboxylic acids is 1. The van der Waals surface area contributed by atoms with Crippen molar-refractivity contribution in [2.75, 3.05) is 6.61 Å². The van der Waals surface area contributed by atoms with Gasteiger partial charge in [0.15, 0.2) is 0 Å². The topological polar surface area (TPSA) is 75.6 Å². The molecule has 2 N–H and O–H groups in total. The molecule has 5 nitrogen and oxygen atoms in total. The second-order valence-electron chi connectivity index (χ2n) is 6.52. The van der Waals surface area contributed by atoms with Crippen LogP contribution < -0.4 is 5.32 Å². The molecule has 1 amide bonds. The van der Waals surface area contributed by atoms with Gasteiger partial charge in [-0.3, -0.25) is 0 Å². The third kappa shape index (κ3) is 12.9. The van der Waals surface area contributed by atoms with Crippen LogP contribution in [0.2, 0.25) is 0 Å². The summed E-state index contributed by atoms with van der Waals surface area (Å²) >= 11 is 0. The van der Waals surface area contributed by atoms with Crippen molar-refractivity contribution < 1.29 is 19.4 Å². The van der Waals surface area contributed by atoms with Crippen molar-refractivity contribution >= 4 is 12.1 Å². The molecule has 0 aromatic carbocycles. The summed E-state index contributed by atoms with van der Waals surface area (Å²) in [6, 6.07) is -0.893. The van der Waals surface area contributed by atoms with Crippen LogP contribution in [0, 0.1) is 5.92 Å². The third-order valence-corrected chi connectivity index (χ3v) is 3.94. The Balaban J connectivity index is 3.47. The van der Waals surface area contributed by atoms with Gasteiger partial charge in [0, 0.05) is 0 Å². The lowest BCUT2D eigenvalue weighted by atomic mass is 10.1. The van der Waals surface area contributed by atoms with Crippen LogP contribution in [-0.4, -0.2) is 29.8 Å². The number of hydrogen-bond acceptors (Lipinski definition) is 3. The number of alkyl carbamates (subject to hydrolysis) is 1. The fourth-order valence-electron chi connectivity index (χ4n) is 2.44. The summed E-state index contributed by atoms with van der Waals surface area (Å²) in [7, 11) is 0. The van der Waals surface area contributed by atoms with Gasteiger partial charge in [-0.25, -0.2) is 9.59 Å². The molecule has 0 aliphatic rings. The van der Waals surface area contributed by atoms with E-state index in [0.717, 1.165) is 12.8 Å². The van der Waals surface area contributed by atoms with Crippen molar-refractivity contribution in [1.29, 1.82) is 0 Å². The van der Waals surface area contributed by atoms with Crippen LogP contribution in [0.5, 0.6) is 0 Å². The predicted octanol–water partition coefficient (Wildman–Crippen LogP) is 4.74. The van der Waals surface area contributed by atoms with Crippen LogP contribution in [-0.2, 0) is 9.53 Å². The average Bonchev–Trinajstić information content (AvgIpc) is 2.49. The first-order valence-electron chi connectivity index (χ1n) is 9.15. The van der Waals surface area contributed by atoms with Gasteiger partial charge in [0.25, 0.3) is 0 Å². The van der Waals surface area contributed by atoms with Crippen molar-refractivity contribution in [2.45, 2.75) is 91.0 Å². The molecule has 136 valence electrons. The van der Waals surface area contributed by atoms with E-state index in [0.29, 0.717) is 6.61 Å². The van der Waals surface area contributed by atoms with Gasteiger partial charge in [-0.1, -0.05) is 78.6 Å². The molecule has 0 fully saturated rings. The second-order valence-corrected chi connectivity index (χ2v) is 6.52. The van der Waals surface area contributed by atoms with E-state index in [4.69, 9.17) is 9.84 Å². The summed E-state index contributed by atoms with van der Waals surface area (Å²) in [4.78, 5) is 22.5. The van der Waals surface area contributed by atoms with Crippen molar-refractivity contribution in [3.8, 4) is 0 Å². The maximum Gasteiger partial charge on any atom is 0.407 e. The molecule has 0 radical (unpaired) electrons. The molecule has 0 heterocycles. The Morgan fingerprint density at radius 3 is 1.83 bits per heavy atom. The summed E-state index contributed by atoms with van der Waals surface area (Å²) < 4.78 is 5.03. The van der Waals surface area contributed by atoms with Gasteiger partial charge in [0.2, 0.25) is 0 Å².